The van der Waals surface area contributed by atoms with Gasteiger partial charge in [-0.3, -0.25) is 0 Å². The Hall–Kier alpha value is -10.8. The maximum absolute atomic E-state index is 6.38. The summed E-state index contributed by atoms with van der Waals surface area (Å²) in [5.74, 6) is 0. The zero-order valence-electron chi connectivity index (χ0n) is 57.2. The minimum absolute atomic E-state index is 0.384. The van der Waals surface area contributed by atoms with Crippen molar-refractivity contribution in [2.45, 2.75) is 38.9 Å². The number of hydrogen-bond donors (Lipinski definition) is 0. The van der Waals surface area contributed by atoms with Gasteiger partial charge in [-0.2, -0.15) is 0 Å². The molecule has 101 heavy (non-hydrogen) atoms. The molecule has 490 valence electrons. The lowest BCUT2D eigenvalue weighted by Gasteiger charge is -2.32. The van der Waals surface area contributed by atoms with E-state index < -0.39 is 7.12 Å². The van der Waals surface area contributed by atoms with E-state index in [0.29, 0.717) is 0 Å². The first kappa shape index (κ1) is 68.8. The Morgan fingerprint density at radius 3 is 0.644 bits per heavy atom. The smallest absolute Gasteiger partial charge is 0.399 e. The van der Waals surface area contributed by atoms with Crippen LogP contribution in [0, 0.1) is 0 Å². The summed E-state index contributed by atoms with van der Waals surface area (Å²) in [6.45, 7) is 8.37. The number of rotatable bonds is 15. The molecule has 14 aromatic carbocycles. The summed E-state index contributed by atoms with van der Waals surface area (Å²) >= 11 is 6.65. The van der Waals surface area contributed by atoms with Crippen LogP contribution in [-0.4, -0.2) is 18.3 Å². The lowest BCUT2D eigenvalue weighted by atomic mass is 9.76. The van der Waals surface area contributed by atoms with Crippen LogP contribution in [0.5, 0.6) is 0 Å². The van der Waals surface area contributed by atoms with Gasteiger partial charge in [-0.25, -0.2) is 0 Å². The van der Waals surface area contributed by atoms with Crippen molar-refractivity contribution in [1.29, 1.82) is 0 Å². The van der Waals surface area contributed by atoms with Gasteiger partial charge in [0.2, 0.25) is 0 Å². The van der Waals surface area contributed by atoms with E-state index in [1.165, 1.54) is 117 Å². The molecule has 0 saturated carbocycles. The third-order valence-corrected chi connectivity index (χ3v) is 19.7. The van der Waals surface area contributed by atoms with Crippen molar-refractivity contribution in [3.05, 3.63) is 470 Å². The molecular formula is C96H77BBr2O2. The van der Waals surface area contributed by atoms with E-state index in [4.69, 9.17) is 9.31 Å². The maximum Gasteiger partial charge on any atom is 0.494 e. The molecular weight excluding hydrogens is 1360 g/mol. The predicted molar refractivity (Wildman–Crippen MR) is 434 cm³/mol. The predicted octanol–water partition coefficient (Wildman–Crippen LogP) is 25.2. The average molecular weight is 1430 g/mol. The third-order valence-electron chi connectivity index (χ3n) is 18.7. The molecule has 1 fully saturated rings. The first-order valence-corrected chi connectivity index (χ1v) is 35.9. The van der Waals surface area contributed by atoms with Crippen LogP contribution in [0.2, 0.25) is 0 Å². The fraction of sp³-hybridized carbons (Fsp3) is 0.0625. The topological polar surface area (TPSA) is 18.5 Å². The van der Waals surface area contributed by atoms with Gasteiger partial charge < -0.3 is 9.31 Å². The zero-order chi connectivity index (χ0) is 69.4. The summed E-state index contributed by atoms with van der Waals surface area (Å²) in [7, 11) is -0.408. The van der Waals surface area contributed by atoms with Gasteiger partial charge in [0.25, 0.3) is 0 Å². The van der Waals surface area contributed by atoms with Crippen molar-refractivity contribution < 1.29 is 9.31 Å². The standard InChI is InChI=1S/C58H42.C32H31BO2.C6H4Br2/c1-7-21-45(22-8-1)55(46-23-9-2-10-24-46)57(49-29-15-5-16-30-49)53-35-19-33-51(41-53)43-37-39-44(40-38-43)52-34-20-36-54(42-52)58(50-31-17-6-18-32-50)56(47-25-11-3-12-26-47)48-27-13-4-14-28-48;1-31(2)32(3,4)35-33(34-31)28-22-14-21-27(23-28)30(26-19-12-7-13-20-26)29(24-15-8-5-9-16-24)25-17-10-6-11-18-25;7-5-1-2-6(8)4-3-5/h1-42H;5-23H,1-4H3;1-4H. The molecule has 0 spiro atoms. The molecule has 2 nitrogen and oxygen atoms in total. The van der Waals surface area contributed by atoms with Crippen LogP contribution in [0.25, 0.3) is 55.7 Å². The lowest BCUT2D eigenvalue weighted by Crippen LogP contribution is -2.41. The summed E-state index contributed by atoms with van der Waals surface area (Å²) < 4.78 is 15.0. The SMILES string of the molecule is Brc1ccc(Br)cc1.CC1(C)OB(c2cccc(C(=C(c3ccccc3)c3ccccc3)c3ccccc3)c2)OC1(C)C.c1ccc(C(=C(c2ccccc2)c2cccc(-c3ccc(-c4cccc(C(=C(c5ccccc5)c5ccccc5)c5ccccc5)c4)cc3)c2)c2ccccc2)cc1. The van der Waals surface area contributed by atoms with Crippen molar-refractivity contribution in [3.63, 3.8) is 0 Å². The van der Waals surface area contributed by atoms with Gasteiger partial charge in [-0.05, 0) is 192 Å². The zero-order valence-corrected chi connectivity index (χ0v) is 60.3. The lowest BCUT2D eigenvalue weighted by molar-refractivity contribution is 0.00578. The van der Waals surface area contributed by atoms with Gasteiger partial charge in [0, 0.05) is 8.95 Å². The normalized spacial score (nSPS) is 12.5. The van der Waals surface area contributed by atoms with Crippen molar-refractivity contribution in [2.75, 3.05) is 0 Å². The highest BCUT2D eigenvalue weighted by Crippen LogP contribution is 2.43. The molecule has 1 aliphatic rings. The Labute approximate surface area is 613 Å². The molecule has 1 heterocycles. The first-order valence-electron chi connectivity index (χ1n) is 34.3. The van der Waals surface area contributed by atoms with E-state index in [-0.39, 0.29) is 11.2 Å². The average Bonchev–Trinajstić information content (AvgIpc) is 1.47. The van der Waals surface area contributed by atoms with Gasteiger partial charge in [-0.15, -0.1) is 0 Å². The second-order valence-corrected chi connectivity index (χ2v) is 27.8. The number of hydrogen-bond acceptors (Lipinski definition) is 2. The third kappa shape index (κ3) is 16.6. The molecule has 0 radical (unpaired) electrons. The minimum Gasteiger partial charge on any atom is -0.399 e. The van der Waals surface area contributed by atoms with Gasteiger partial charge in [0.05, 0.1) is 11.2 Å². The highest BCUT2D eigenvalue weighted by atomic mass is 79.9. The van der Waals surface area contributed by atoms with Crippen LogP contribution in [0.1, 0.15) is 94.5 Å². The van der Waals surface area contributed by atoms with Gasteiger partial charge in [-0.1, -0.05) is 390 Å². The molecule has 0 bridgehead atoms. The van der Waals surface area contributed by atoms with Crippen molar-refractivity contribution in [3.8, 4) is 22.3 Å². The van der Waals surface area contributed by atoms with Gasteiger partial charge >= 0.3 is 7.12 Å². The highest BCUT2D eigenvalue weighted by Gasteiger charge is 2.51. The Morgan fingerprint density at radius 1 is 0.208 bits per heavy atom. The Morgan fingerprint density at radius 2 is 0.406 bits per heavy atom. The molecule has 0 N–H and O–H groups in total. The van der Waals surface area contributed by atoms with E-state index in [1.54, 1.807) is 0 Å². The Balaban J connectivity index is 0.000000179. The van der Waals surface area contributed by atoms with Gasteiger partial charge in [0.1, 0.15) is 0 Å². The molecule has 5 heteroatoms. The molecule has 0 aliphatic carbocycles. The highest BCUT2D eigenvalue weighted by molar-refractivity contribution is 9.11. The molecule has 1 aliphatic heterocycles. The Bertz CT molecular complexity index is 4740. The first-order chi connectivity index (χ1) is 49.4. The molecule has 14 aromatic rings. The van der Waals surface area contributed by atoms with Crippen LogP contribution in [0.3, 0.4) is 0 Å². The van der Waals surface area contributed by atoms with E-state index in [9.17, 15) is 0 Å². The number of halogens is 2. The molecule has 0 aromatic heterocycles. The van der Waals surface area contributed by atoms with Crippen LogP contribution in [-0.2, 0) is 9.31 Å². The van der Waals surface area contributed by atoms with Crippen LogP contribution < -0.4 is 5.46 Å². The molecule has 15 rings (SSSR count). The van der Waals surface area contributed by atoms with Crippen molar-refractivity contribution in [1.82, 2.24) is 0 Å². The second kappa shape index (κ2) is 32.5. The Kier molecular flexibility index (Phi) is 22.1. The number of benzene rings is 14. The fourth-order valence-corrected chi connectivity index (χ4v) is 13.5. The molecule has 0 unspecified atom stereocenters. The van der Waals surface area contributed by atoms with Crippen molar-refractivity contribution >= 4 is 77.9 Å². The van der Waals surface area contributed by atoms with Crippen LogP contribution >= 0.6 is 31.9 Å². The monoisotopic (exact) mass is 1430 g/mol. The second-order valence-electron chi connectivity index (χ2n) is 25.9. The summed E-state index contributed by atoms with van der Waals surface area (Å²) in [5.41, 5.74) is 26.3. The minimum atomic E-state index is -0.408. The fourth-order valence-electron chi connectivity index (χ4n) is 13.0. The van der Waals surface area contributed by atoms with Crippen LogP contribution in [0.15, 0.2) is 403 Å². The van der Waals surface area contributed by atoms with E-state index in [2.05, 4.69) is 430 Å². The maximum atomic E-state index is 6.38. The van der Waals surface area contributed by atoms with Crippen LogP contribution in [0.4, 0.5) is 0 Å². The molecule has 0 amide bonds. The molecule has 1 saturated heterocycles. The summed E-state index contributed by atoms with van der Waals surface area (Å²) in [4.78, 5) is 0. The molecule has 0 atom stereocenters. The summed E-state index contributed by atoms with van der Waals surface area (Å²) in [5, 5.41) is 0. The largest absolute Gasteiger partial charge is 0.494 e. The van der Waals surface area contributed by atoms with E-state index in [1.807, 2.05) is 24.3 Å². The van der Waals surface area contributed by atoms with E-state index >= 15 is 0 Å². The van der Waals surface area contributed by atoms with Gasteiger partial charge in [0.15, 0.2) is 0 Å². The summed E-state index contributed by atoms with van der Waals surface area (Å²) in [6.07, 6.45) is 0. The van der Waals surface area contributed by atoms with E-state index in [0.717, 1.165) is 20.0 Å². The quantitative estimate of drug-likeness (QED) is 0.0752. The van der Waals surface area contributed by atoms with Crippen molar-refractivity contribution in [2.24, 2.45) is 0 Å². The summed E-state index contributed by atoms with van der Waals surface area (Å²) in [6, 6.07) is 140.